The summed E-state index contributed by atoms with van der Waals surface area (Å²) in [6.45, 7) is 2.75. The monoisotopic (exact) mass is 262 g/mol. The van der Waals surface area contributed by atoms with Gasteiger partial charge in [0.1, 0.15) is 17.4 Å². The number of unbranched alkanes of at least 4 members (excludes halogenated alkanes) is 1. The van der Waals surface area contributed by atoms with E-state index < -0.39 is 11.6 Å². The summed E-state index contributed by atoms with van der Waals surface area (Å²) >= 11 is 0. The van der Waals surface area contributed by atoms with Crippen molar-refractivity contribution >= 4 is 0 Å². The van der Waals surface area contributed by atoms with Crippen LogP contribution >= 0.6 is 0 Å². The molecule has 1 nitrogen and oxygen atoms in total. The zero-order chi connectivity index (χ0) is 13.7. The Morgan fingerprint density at radius 3 is 2.16 bits per heavy atom. The highest BCUT2D eigenvalue weighted by atomic mass is 19.1. The molecule has 0 aliphatic carbocycles. The molecule has 0 aliphatic heterocycles. The van der Waals surface area contributed by atoms with Gasteiger partial charge in [0.2, 0.25) is 0 Å². The number of rotatable bonds is 5. The van der Waals surface area contributed by atoms with E-state index in [0.717, 1.165) is 12.8 Å². The molecule has 2 aromatic carbocycles. The Bertz CT molecular complexity index is 515. The van der Waals surface area contributed by atoms with Gasteiger partial charge in [0.05, 0.1) is 12.2 Å². The average Bonchev–Trinajstić information content (AvgIpc) is 2.40. The molecule has 2 rings (SSSR count). The number of halogens is 2. The van der Waals surface area contributed by atoms with Crippen molar-refractivity contribution in [1.29, 1.82) is 0 Å². The zero-order valence-corrected chi connectivity index (χ0v) is 10.8. The van der Waals surface area contributed by atoms with Gasteiger partial charge in [-0.1, -0.05) is 31.5 Å². The lowest BCUT2D eigenvalue weighted by molar-refractivity contribution is 0.309. The van der Waals surface area contributed by atoms with Crippen LogP contribution in [0.4, 0.5) is 8.78 Å². The third kappa shape index (κ3) is 3.31. The van der Waals surface area contributed by atoms with Crippen LogP contribution in [-0.4, -0.2) is 6.61 Å². The fraction of sp³-hybridized carbons (Fsp3) is 0.250. The molecule has 2 aromatic rings. The Hall–Kier alpha value is -1.90. The molecule has 19 heavy (non-hydrogen) atoms. The lowest BCUT2D eigenvalue weighted by Crippen LogP contribution is -1.96. The van der Waals surface area contributed by atoms with Crippen molar-refractivity contribution in [2.45, 2.75) is 19.8 Å². The van der Waals surface area contributed by atoms with Gasteiger partial charge in [-0.25, -0.2) is 8.78 Å². The second-order valence-corrected chi connectivity index (χ2v) is 4.32. The Labute approximate surface area is 111 Å². The van der Waals surface area contributed by atoms with Gasteiger partial charge in [-0.3, -0.25) is 0 Å². The van der Waals surface area contributed by atoms with Crippen LogP contribution in [0, 0.1) is 11.6 Å². The maximum absolute atomic E-state index is 13.6. The van der Waals surface area contributed by atoms with E-state index in [0.29, 0.717) is 17.9 Å². The van der Waals surface area contributed by atoms with Crippen molar-refractivity contribution in [2.24, 2.45) is 0 Å². The molecule has 0 spiro atoms. The average molecular weight is 262 g/mol. The van der Waals surface area contributed by atoms with Crippen LogP contribution in [0.15, 0.2) is 42.5 Å². The van der Waals surface area contributed by atoms with E-state index in [-0.39, 0.29) is 5.56 Å². The molecule has 0 atom stereocenters. The maximum Gasteiger partial charge on any atom is 0.133 e. The first-order valence-corrected chi connectivity index (χ1v) is 6.39. The van der Waals surface area contributed by atoms with Gasteiger partial charge in [-0.15, -0.1) is 0 Å². The Balaban J connectivity index is 2.18. The summed E-state index contributed by atoms with van der Waals surface area (Å²) in [6.07, 6.45) is 2.06. The number of ether oxygens (including phenoxy) is 1. The number of hydrogen-bond donors (Lipinski definition) is 0. The van der Waals surface area contributed by atoms with Crippen LogP contribution in [0.1, 0.15) is 19.8 Å². The molecule has 3 heteroatoms. The topological polar surface area (TPSA) is 9.23 Å². The Kier molecular flexibility index (Phi) is 4.50. The summed E-state index contributed by atoms with van der Waals surface area (Å²) in [5.41, 5.74) is 0.515. The smallest absolute Gasteiger partial charge is 0.133 e. The molecule has 0 saturated heterocycles. The summed E-state index contributed by atoms with van der Waals surface area (Å²) in [5, 5.41) is 0. The van der Waals surface area contributed by atoms with Gasteiger partial charge in [0.15, 0.2) is 0 Å². The van der Waals surface area contributed by atoms with Crippen LogP contribution in [0.25, 0.3) is 11.1 Å². The lowest BCUT2D eigenvalue weighted by Gasteiger charge is -2.08. The molecule has 0 aliphatic rings. The van der Waals surface area contributed by atoms with Crippen molar-refractivity contribution in [1.82, 2.24) is 0 Å². The molecule has 0 amide bonds. The van der Waals surface area contributed by atoms with E-state index >= 15 is 0 Å². The van der Waals surface area contributed by atoms with Gasteiger partial charge in [0, 0.05) is 0 Å². The van der Waals surface area contributed by atoms with Crippen molar-refractivity contribution in [3.63, 3.8) is 0 Å². The second-order valence-electron chi connectivity index (χ2n) is 4.32. The highest BCUT2D eigenvalue weighted by Gasteiger charge is 2.10. The van der Waals surface area contributed by atoms with Gasteiger partial charge in [-0.2, -0.15) is 0 Å². The highest BCUT2D eigenvalue weighted by Crippen LogP contribution is 2.27. The van der Waals surface area contributed by atoms with E-state index in [2.05, 4.69) is 6.92 Å². The van der Waals surface area contributed by atoms with Gasteiger partial charge in [-0.05, 0) is 36.2 Å². The van der Waals surface area contributed by atoms with Crippen LogP contribution in [0.5, 0.6) is 5.75 Å². The van der Waals surface area contributed by atoms with Gasteiger partial charge >= 0.3 is 0 Å². The van der Waals surface area contributed by atoms with Crippen LogP contribution in [0.3, 0.4) is 0 Å². The molecule has 0 bridgehead atoms. The summed E-state index contributed by atoms with van der Waals surface area (Å²) in [6, 6.07) is 10.7. The van der Waals surface area contributed by atoms with Crippen LogP contribution in [0.2, 0.25) is 0 Å². The predicted molar refractivity (Wildman–Crippen MR) is 72.2 cm³/mol. The molecular formula is C16H16F2O. The van der Waals surface area contributed by atoms with E-state index in [1.807, 2.05) is 0 Å². The zero-order valence-electron chi connectivity index (χ0n) is 10.8. The van der Waals surface area contributed by atoms with Crippen molar-refractivity contribution in [3.05, 3.63) is 54.1 Å². The molecule has 0 fully saturated rings. The summed E-state index contributed by atoms with van der Waals surface area (Å²) in [5.74, 6) is -0.395. The molecule has 0 saturated carbocycles. The largest absolute Gasteiger partial charge is 0.494 e. The predicted octanol–water partition coefficient (Wildman–Crippen LogP) is 4.81. The minimum atomic E-state index is -0.556. The summed E-state index contributed by atoms with van der Waals surface area (Å²) in [4.78, 5) is 0. The fourth-order valence-electron chi connectivity index (χ4n) is 1.83. The summed E-state index contributed by atoms with van der Waals surface area (Å²) in [7, 11) is 0. The summed E-state index contributed by atoms with van der Waals surface area (Å²) < 4.78 is 32.7. The first kappa shape index (κ1) is 13.5. The first-order valence-electron chi connectivity index (χ1n) is 6.39. The molecule has 100 valence electrons. The van der Waals surface area contributed by atoms with Crippen molar-refractivity contribution < 1.29 is 13.5 Å². The third-order valence-corrected chi connectivity index (χ3v) is 2.87. The standard InChI is InChI=1S/C16H16F2O/c1-2-3-11-19-13-9-7-12(8-10-13)16-14(17)5-4-6-15(16)18/h4-10H,2-3,11H2,1H3. The highest BCUT2D eigenvalue weighted by molar-refractivity contribution is 5.65. The molecular weight excluding hydrogens is 246 g/mol. The lowest BCUT2D eigenvalue weighted by atomic mass is 10.0. The van der Waals surface area contributed by atoms with Crippen LogP contribution < -0.4 is 4.74 Å². The molecule has 0 heterocycles. The van der Waals surface area contributed by atoms with Gasteiger partial charge < -0.3 is 4.74 Å². The quantitative estimate of drug-likeness (QED) is 0.702. The number of hydrogen-bond acceptors (Lipinski definition) is 1. The third-order valence-electron chi connectivity index (χ3n) is 2.87. The van der Waals surface area contributed by atoms with Gasteiger partial charge in [0.25, 0.3) is 0 Å². The molecule has 0 N–H and O–H groups in total. The minimum Gasteiger partial charge on any atom is -0.494 e. The Morgan fingerprint density at radius 1 is 0.947 bits per heavy atom. The Morgan fingerprint density at radius 2 is 1.58 bits per heavy atom. The second kappa shape index (κ2) is 6.32. The van der Waals surface area contributed by atoms with E-state index in [1.54, 1.807) is 24.3 Å². The molecule has 0 radical (unpaired) electrons. The number of benzene rings is 2. The normalized spacial score (nSPS) is 10.5. The minimum absolute atomic E-state index is 0.00241. The molecule has 0 unspecified atom stereocenters. The van der Waals surface area contributed by atoms with Crippen molar-refractivity contribution in [3.8, 4) is 16.9 Å². The van der Waals surface area contributed by atoms with Crippen LogP contribution in [-0.2, 0) is 0 Å². The fourth-order valence-corrected chi connectivity index (χ4v) is 1.83. The first-order chi connectivity index (χ1) is 9.22. The maximum atomic E-state index is 13.6. The van der Waals surface area contributed by atoms with Crippen molar-refractivity contribution in [2.75, 3.05) is 6.61 Å². The molecule has 0 aromatic heterocycles. The van der Waals surface area contributed by atoms with E-state index in [1.165, 1.54) is 18.2 Å². The SMILES string of the molecule is CCCCOc1ccc(-c2c(F)cccc2F)cc1. The van der Waals surface area contributed by atoms with E-state index in [9.17, 15) is 8.78 Å². The van der Waals surface area contributed by atoms with E-state index in [4.69, 9.17) is 4.74 Å².